The molecule has 0 saturated heterocycles. The summed E-state index contributed by atoms with van der Waals surface area (Å²) in [5.74, 6) is -0.403. The Kier molecular flexibility index (Phi) is 2.17. The van der Waals surface area contributed by atoms with Crippen LogP contribution in [0.2, 0.25) is 0 Å². The molecule has 1 nitrogen and oxygen atoms in total. The Balaban J connectivity index is 2.62. The monoisotopic (exact) mass is 206 g/mol. The zero-order chi connectivity index (χ0) is 10.1. The maximum Gasteiger partial charge on any atom is 0.195 e. The van der Waals surface area contributed by atoms with Crippen LogP contribution in [0.3, 0.4) is 0 Å². The second-order valence-electron chi connectivity index (χ2n) is 2.86. The fourth-order valence-corrected chi connectivity index (χ4v) is 2.21. The number of carbonyl (C=O) groups excluding carboxylic acids is 1. The van der Waals surface area contributed by atoms with E-state index in [-0.39, 0.29) is 11.6 Å². The van der Waals surface area contributed by atoms with Crippen molar-refractivity contribution in [3.05, 3.63) is 47.6 Å². The van der Waals surface area contributed by atoms with Crippen LogP contribution in [0.4, 0.5) is 4.39 Å². The summed E-state index contributed by atoms with van der Waals surface area (Å²) in [4.78, 5) is 11.9. The quantitative estimate of drug-likeness (QED) is 0.543. The highest BCUT2D eigenvalue weighted by molar-refractivity contribution is 7.20. The zero-order valence-electron chi connectivity index (χ0n) is 7.29. The Morgan fingerprint density at radius 3 is 2.93 bits per heavy atom. The molecule has 0 saturated carbocycles. The molecule has 1 aromatic heterocycles. The number of halogens is 1. The van der Waals surface area contributed by atoms with Crippen molar-refractivity contribution in [1.82, 2.24) is 0 Å². The van der Waals surface area contributed by atoms with Crippen molar-refractivity contribution in [2.75, 3.05) is 0 Å². The molecule has 1 heterocycles. The van der Waals surface area contributed by atoms with E-state index >= 15 is 0 Å². The molecule has 0 bridgehead atoms. The van der Waals surface area contributed by atoms with Gasteiger partial charge in [0.1, 0.15) is 5.82 Å². The van der Waals surface area contributed by atoms with E-state index in [1.807, 2.05) is 0 Å². The smallest absolute Gasteiger partial charge is 0.195 e. The van der Waals surface area contributed by atoms with Gasteiger partial charge in [0.05, 0.1) is 4.88 Å². The average molecular weight is 206 g/mol. The van der Waals surface area contributed by atoms with Crippen LogP contribution in [0.15, 0.2) is 36.9 Å². The second-order valence-corrected chi connectivity index (χ2v) is 3.94. The summed E-state index contributed by atoms with van der Waals surface area (Å²) in [5.41, 5.74) is 0. The van der Waals surface area contributed by atoms with E-state index in [1.165, 1.54) is 29.5 Å². The molecule has 14 heavy (non-hydrogen) atoms. The predicted octanol–water partition coefficient (Wildman–Crippen LogP) is 3.41. The van der Waals surface area contributed by atoms with Gasteiger partial charge in [-0.3, -0.25) is 4.79 Å². The van der Waals surface area contributed by atoms with Crippen molar-refractivity contribution in [3.8, 4) is 0 Å². The van der Waals surface area contributed by atoms with Crippen molar-refractivity contribution in [2.24, 2.45) is 0 Å². The van der Waals surface area contributed by atoms with Gasteiger partial charge in [-0.05, 0) is 35.7 Å². The van der Waals surface area contributed by atoms with Gasteiger partial charge in [-0.25, -0.2) is 4.39 Å². The Morgan fingerprint density at radius 1 is 1.43 bits per heavy atom. The Labute approximate surface area is 84.5 Å². The fraction of sp³-hybridized carbons (Fsp3) is 0. The van der Waals surface area contributed by atoms with Crippen LogP contribution in [-0.2, 0) is 0 Å². The Morgan fingerprint density at radius 2 is 2.21 bits per heavy atom. The first-order chi connectivity index (χ1) is 6.70. The van der Waals surface area contributed by atoms with E-state index in [0.29, 0.717) is 4.88 Å². The number of ketones is 1. The summed E-state index contributed by atoms with van der Waals surface area (Å²) >= 11 is 1.35. The van der Waals surface area contributed by atoms with Gasteiger partial charge in [0.2, 0.25) is 0 Å². The number of allylic oxidation sites excluding steroid dienone is 1. The van der Waals surface area contributed by atoms with Crippen LogP contribution in [0.25, 0.3) is 10.1 Å². The molecule has 0 radical (unpaired) electrons. The topological polar surface area (TPSA) is 17.1 Å². The lowest BCUT2D eigenvalue weighted by atomic mass is 10.2. The highest BCUT2D eigenvalue weighted by atomic mass is 32.1. The molecule has 0 unspecified atom stereocenters. The van der Waals surface area contributed by atoms with Gasteiger partial charge in [-0.1, -0.05) is 6.58 Å². The number of rotatable bonds is 2. The van der Waals surface area contributed by atoms with Crippen molar-refractivity contribution < 1.29 is 9.18 Å². The van der Waals surface area contributed by atoms with Gasteiger partial charge < -0.3 is 0 Å². The lowest BCUT2D eigenvalue weighted by Gasteiger charge is -1.86. The third kappa shape index (κ3) is 1.46. The molecular weight excluding hydrogens is 199 g/mol. The molecule has 0 fully saturated rings. The average Bonchev–Trinajstić information content (AvgIpc) is 2.59. The predicted molar refractivity (Wildman–Crippen MR) is 56.3 cm³/mol. The standard InChI is InChI=1S/C11H7FOS/c1-2-9(13)11-6-7-5-8(12)3-4-10(7)14-11/h2-6H,1H2. The van der Waals surface area contributed by atoms with Crippen LogP contribution in [0.5, 0.6) is 0 Å². The molecule has 0 aliphatic rings. The molecule has 0 N–H and O–H groups in total. The number of hydrogen-bond acceptors (Lipinski definition) is 2. The molecule has 1 aromatic carbocycles. The lowest BCUT2D eigenvalue weighted by molar-refractivity contribution is 0.105. The Hall–Kier alpha value is -1.48. The highest BCUT2D eigenvalue weighted by Crippen LogP contribution is 2.26. The summed E-state index contributed by atoms with van der Waals surface area (Å²) in [6, 6.07) is 6.18. The molecule has 0 aliphatic carbocycles. The molecule has 0 atom stereocenters. The van der Waals surface area contributed by atoms with Crippen LogP contribution in [-0.4, -0.2) is 5.78 Å². The van der Waals surface area contributed by atoms with Gasteiger partial charge >= 0.3 is 0 Å². The highest BCUT2D eigenvalue weighted by Gasteiger charge is 2.07. The number of fused-ring (bicyclic) bond motifs is 1. The molecule has 2 rings (SSSR count). The third-order valence-corrected chi connectivity index (χ3v) is 3.04. The van der Waals surface area contributed by atoms with Crippen LogP contribution in [0, 0.1) is 5.82 Å². The summed E-state index contributed by atoms with van der Waals surface area (Å²) in [7, 11) is 0. The van der Waals surface area contributed by atoms with Crippen LogP contribution in [0.1, 0.15) is 9.67 Å². The van der Waals surface area contributed by atoms with Gasteiger partial charge in [-0.2, -0.15) is 0 Å². The zero-order valence-corrected chi connectivity index (χ0v) is 8.10. The minimum absolute atomic E-state index is 0.119. The molecule has 0 spiro atoms. The van der Waals surface area contributed by atoms with Crippen molar-refractivity contribution in [2.45, 2.75) is 0 Å². The summed E-state index contributed by atoms with van der Waals surface area (Å²) < 4.78 is 13.7. The molecule has 0 aliphatic heterocycles. The molecular formula is C11H7FOS. The normalized spacial score (nSPS) is 10.4. The van der Waals surface area contributed by atoms with E-state index in [1.54, 1.807) is 12.1 Å². The maximum absolute atomic E-state index is 12.8. The largest absolute Gasteiger partial charge is 0.288 e. The summed E-state index contributed by atoms with van der Waals surface area (Å²) in [6.07, 6.45) is 1.26. The molecule has 2 aromatic rings. The number of carbonyl (C=O) groups is 1. The van der Waals surface area contributed by atoms with Crippen molar-refractivity contribution in [1.29, 1.82) is 0 Å². The van der Waals surface area contributed by atoms with Gasteiger partial charge in [-0.15, -0.1) is 11.3 Å². The number of thiophene rings is 1. The summed E-state index contributed by atoms with van der Waals surface area (Å²) in [5, 5.41) is 0.764. The van der Waals surface area contributed by atoms with E-state index in [4.69, 9.17) is 0 Å². The van der Waals surface area contributed by atoms with Gasteiger partial charge in [0.25, 0.3) is 0 Å². The summed E-state index contributed by atoms with van der Waals surface area (Å²) in [6.45, 7) is 3.41. The maximum atomic E-state index is 12.8. The van der Waals surface area contributed by atoms with Crippen LogP contribution < -0.4 is 0 Å². The first-order valence-electron chi connectivity index (χ1n) is 4.06. The van der Waals surface area contributed by atoms with E-state index in [9.17, 15) is 9.18 Å². The van der Waals surface area contributed by atoms with Gasteiger partial charge in [0, 0.05) is 4.70 Å². The second kappa shape index (κ2) is 3.35. The number of hydrogen-bond donors (Lipinski definition) is 0. The first kappa shape index (κ1) is 9.09. The van der Waals surface area contributed by atoms with E-state index in [0.717, 1.165) is 10.1 Å². The van der Waals surface area contributed by atoms with E-state index in [2.05, 4.69) is 6.58 Å². The van der Waals surface area contributed by atoms with Crippen LogP contribution >= 0.6 is 11.3 Å². The van der Waals surface area contributed by atoms with Crippen molar-refractivity contribution >= 4 is 27.2 Å². The molecule has 3 heteroatoms. The van der Waals surface area contributed by atoms with Gasteiger partial charge in [0.15, 0.2) is 5.78 Å². The van der Waals surface area contributed by atoms with Crippen molar-refractivity contribution in [3.63, 3.8) is 0 Å². The Bertz CT molecular complexity index is 513. The minimum atomic E-state index is -0.284. The number of benzene rings is 1. The van der Waals surface area contributed by atoms with E-state index < -0.39 is 0 Å². The first-order valence-corrected chi connectivity index (χ1v) is 4.88. The lowest BCUT2D eigenvalue weighted by Crippen LogP contribution is -1.86. The SMILES string of the molecule is C=CC(=O)c1cc2cc(F)ccc2s1. The molecule has 0 amide bonds. The minimum Gasteiger partial charge on any atom is -0.288 e. The molecule has 70 valence electrons. The third-order valence-electron chi connectivity index (χ3n) is 1.91. The fourth-order valence-electron chi connectivity index (χ4n) is 1.24.